The molecule has 0 fully saturated rings. The molecule has 12 heavy (non-hydrogen) atoms. The van der Waals surface area contributed by atoms with Gasteiger partial charge in [0.1, 0.15) is 0 Å². The standard InChI is InChI=1S/C8H7BrO3/c9-6-4-2-1-3-5(6)7(10)8(11)12/h1-4,7,10H,(H,11,12)/t7-/m1/s1. The van der Waals surface area contributed by atoms with Gasteiger partial charge in [0.15, 0.2) is 6.10 Å². The molecule has 0 aliphatic heterocycles. The van der Waals surface area contributed by atoms with E-state index in [0.29, 0.717) is 10.0 Å². The van der Waals surface area contributed by atoms with Crippen molar-refractivity contribution >= 4 is 21.9 Å². The van der Waals surface area contributed by atoms with Gasteiger partial charge in [-0.05, 0) is 6.07 Å². The first-order valence-corrected chi connectivity index (χ1v) is 4.07. The van der Waals surface area contributed by atoms with Crippen molar-refractivity contribution in [2.45, 2.75) is 6.10 Å². The van der Waals surface area contributed by atoms with Crippen LogP contribution >= 0.6 is 15.9 Å². The van der Waals surface area contributed by atoms with Gasteiger partial charge < -0.3 is 10.2 Å². The van der Waals surface area contributed by atoms with Crippen LogP contribution in [0.5, 0.6) is 0 Å². The number of aliphatic carboxylic acids is 1. The van der Waals surface area contributed by atoms with Gasteiger partial charge in [0.05, 0.1) is 0 Å². The quantitative estimate of drug-likeness (QED) is 0.812. The number of carboxylic acid groups (broad SMARTS) is 1. The minimum absolute atomic E-state index is 0.366. The molecule has 0 unspecified atom stereocenters. The van der Waals surface area contributed by atoms with Gasteiger partial charge in [0.25, 0.3) is 0 Å². The highest BCUT2D eigenvalue weighted by atomic mass is 79.9. The van der Waals surface area contributed by atoms with Crippen LogP contribution in [0.1, 0.15) is 11.7 Å². The second kappa shape index (κ2) is 3.69. The molecule has 0 bridgehead atoms. The highest BCUT2D eigenvalue weighted by Crippen LogP contribution is 2.22. The van der Waals surface area contributed by atoms with E-state index in [0.717, 1.165) is 0 Å². The smallest absolute Gasteiger partial charge is 0.337 e. The minimum atomic E-state index is -1.46. The summed E-state index contributed by atoms with van der Waals surface area (Å²) >= 11 is 3.14. The van der Waals surface area contributed by atoms with Crippen LogP contribution in [0.4, 0.5) is 0 Å². The van der Waals surface area contributed by atoms with E-state index in [2.05, 4.69) is 15.9 Å². The molecule has 64 valence electrons. The Balaban J connectivity index is 3.02. The number of carbonyl (C=O) groups is 1. The maximum atomic E-state index is 10.4. The number of benzene rings is 1. The van der Waals surface area contributed by atoms with Gasteiger partial charge in [-0.15, -0.1) is 0 Å². The molecule has 0 saturated carbocycles. The second-order valence-corrected chi connectivity index (χ2v) is 3.12. The van der Waals surface area contributed by atoms with Crippen LogP contribution in [-0.4, -0.2) is 16.2 Å². The summed E-state index contributed by atoms with van der Waals surface area (Å²) in [7, 11) is 0. The van der Waals surface area contributed by atoms with Crippen molar-refractivity contribution in [2.75, 3.05) is 0 Å². The summed E-state index contributed by atoms with van der Waals surface area (Å²) in [5.41, 5.74) is 0.366. The molecule has 4 heteroatoms. The van der Waals surface area contributed by atoms with Crippen LogP contribution in [0.15, 0.2) is 28.7 Å². The van der Waals surface area contributed by atoms with E-state index in [1.807, 2.05) is 0 Å². The Morgan fingerprint density at radius 3 is 2.50 bits per heavy atom. The van der Waals surface area contributed by atoms with E-state index < -0.39 is 12.1 Å². The Bertz CT molecular complexity index is 298. The Kier molecular flexibility index (Phi) is 2.83. The summed E-state index contributed by atoms with van der Waals surface area (Å²) in [5, 5.41) is 17.6. The highest BCUT2D eigenvalue weighted by Gasteiger charge is 2.17. The van der Waals surface area contributed by atoms with Crippen LogP contribution in [-0.2, 0) is 4.79 Å². The third kappa shape index (κ3) is 1.84. The number of hydrogen-bond acceptors (Lipinski definition) is 2. The van der Waals surface area contributed by atoms with Gasteiger partial charge in [0, 0.05) is 10.0 Å². The topological polar surface area (TPSA) is 57.5 Å². The molecule has 0 aliphatic carbocycles. The number of aliphatic hydroxyl groups is 1. The molecule has 1 aromatic carbocycles. The first-order valence-electron chi connectivity index (χ1n) is 3.28. The van der Waals surface area contributed by atoms with Gasteiger partial charge in [-0.25, -0.2) is 4.79 Å². The van der Waals surface area contributed by atoms with Crippen molar-refractivity contribution in [1.82, 2.24) is 0 Å². The zero-order valence-corrected chi connectivity index (χ0v) is 7.65. The molecule has 1 atom stereocenters. The summed E-state index contributed by atoms with van der Waals surface area (Å²) in [6.45, 7) is 0. The Labute approximate surface area is 77.8 Å². The zero-order valence-electron chi connectivity index (χ0n) is 6.07. The average Bonchev–Trinajstić information content (AvgIpc) is 2.04. The Morgan fingerprint density at radius 2 is 2.00 bits per heavy atom. The van der Waals surface area contributed by atoms with E-state index >= 15 is 0 Å². The lowest BCUT2D eigenvalue weighted by molar-refractivity contribution is -0.147. The van der Waals surface area contributed by atoms with Crippen molar-refractivity contribution in [1.29, 1.82) is 0 Å². The number of rotatable bonds is 2. The van der Waals surface area contributed by atoms with Gasteiger partial charge in [-0.3, -0.25) is 0 Å². The molecular formula is C8H7BrO3. The molecule has 0 radical (unpaired) electrons. The number of aliphatic hydroxyl groups excluding tert-OH is 1. The van der Waals surface area contributed by atoms with E-state index in [9.17, 15) is 4.79 Å². The molecule has 1 rings (SSSR count). The summed E-state index contributed by atoms with van der Waals surface area (Å²) in [4.78, 5) is 10.4. The highest BCUT2D eigenvalue weighted by molar-refractivity contribution is 9.10. The predicted octanol–water partition coefficient (Wildman–Crippen LogP) is 1.57. The van der Waals surface area contributed by atoms with E-state index in [4.69, 9.17) is 10.2 Å². The number of halogens is 1. The van der Waals surface area contributed by atoms with Crippen molar-refractivity contribution in [3.8, 4) is 0 Å². The van der Waals surface area contributed by atoms with Gasteiger partial charge in [0.2, 0.25) is 0 Å². The van der Waals surface area contributed by atoms with E-state index in [1.54, 1.807) is 24.3 Å². The van der Waals surface area contributed by atoms with Gasteiger partial charge in [-0.1, -0.05) is 34.1 Å². The molecule has 0 spiro atoms. The lowest BCUT2D eigenvalue weighted by atomic mass is 10.1. The SMILES string of the molecule is O=C(O)[C@H](O)c1ccccc1Br. The second-order valence-electron chi connectivity index (χ2n) is 2.26. The molecule has 1 aromatic rings. The molecule has 0 amide bonds. The maximum Gasteiger partial charge on any atom is 0.337 e. The summed E-state index contributed by atoms with van der Waals surface area (Å²) in [6, 6.07) is 6.67. The normalized spacial score (nSPS) is 12.5. The largest absolute Gasteiger partial charge is 0.479 e. The fraction of sp³-hybridized carbons (Fsp3) is 0.125. The van der Waals surface area contributed by atoms with Crippen LogP contribution < -0.4 is 0 Å². The van der Waals surface area contributed by atoms with Crippen LogP contribution in [0.3, 0.4) is 0 Å². The summed E-state index contributed by atoms with van der Waals surface area (Å²) < 4.78 is 0.597. The van der Waals surface area contributed by atoms with Crippen molar-refractivity contribution in [3.05, 3.63) is 34.3 Å². The molecule has 0 aromatic heterocycles. The predicted molar refractivity (Wildman–Crippen MR) is 46.7 cm³/mol. The first kappa shape index (κ1) is 9.22. The third-order valence-electron chi connectivity index (χ3n) is 1.43. The lowest BCUT2D eigenvalue weighted by Crippen LogP contribution is -2.10. The maximum absolute atomic E-state index is 10.4. The molecule has 0 aliphatic rings. The zero-order chi connectivity index (χ0) is 9.14. The van der Waals surface area contributed by atoms with Crippen LogP contribution in [0, 0.1) is 0 Å². The van der Waals surface area contributed by atoms with E-state index in [1.165, 1.54) is 0 Å². The molecule has 0 heterocycles. The van der Waals surface area contributed by atoms with Gasteiger partial charge in [-0.2, -0.15) is 0 Å². The monoisotopic (exact) mass is 230 g/mol. The van der Waals surface area contributed by atoms with Crippen molar-refractivity contribution in [3.63, 3.8) is 0 Å². The van der Waals surface area contributed by atoms with Crippen molar-refractivity contribution in [2.24, 2.45) is 0 Å². The number of hydrogen-bond donors (Lipinski definition) is 2. The van der Waals surface area contributed by atoms with E-state index in [-0.39, 0.29) is 0 Å². The average molecular weight is 231 g/mol. The lowest BCUT2D eigenvalue weighted by Gasteiger charge is -2.06. The summed E-state index contributed by atoms with van der Waals surface area (Å²) in [5.74, 6) is -1.25. The Morgan fingerprint density at radius 1 is 1.42 bits per heavy atom. The Hall–Kier alpha value is -0.870. The van der Waals surface area contributed by atoms with Gasteiger partial charge >= 0.3 is 5.97 Å². The van der Waals surface area contributed by atoms with Crippen LogP contribution in [0.25, 0.3) is 0 Å². The molecule has 3 nitrogen and oxygen atoms in total. The first-order chi connectivity index (χ1) is 5.63. The molecule has 2 N–H and O–H groups in total. The molecular weight excluding hydrogens is 224 g/mol. The van der Waals surface area contributed by atoms with Crippen LogP contribution in [0.2, 0.25) is 0 Å². The number of carboxylic acids is 1. The summed E-state index contributed by atoms with van der Waals surface area (Å²) in [6.07, 6.45) is -1.46. The third-order valence-corrected chi connectivity index (χ3v) is 2.16. The fourth-order valence-corrected chi connectivity index (χ4v) is 1.33. The minimum Gasteiger partial charge on any atom is -0.479 e. The fourth-order valence-electron chi connectivity index (χ4n) is 0.830. The molecule has 0 saturated heterocycles. The van der Waals surface area contributed by atoms with Crippen molar-refractivity contribution < 1.29 is 15.0 Å².